The molecular weight excluding hydrogens is 412 g/mol. The van der Waals surface area contributed by atoms with Crippen molar-refractivity contribution in [2.24, 2.45) is 16.6 Å². The van der Waals surface area contributed by atoms with Crippen LogP contribution in [0.5, 0.6) is 0 Å². The van der Waals surface area contributed by atoms with E-state index in [0.717, 1.165) is 5.56 Å². The van der Waals surface area contributed by atoms with Crippen molar-refractivity contribution in [3.8, 4) is 0 Å². The van der Waals surface area contributed by atoms with Crippen molar-refractivity contribution in [2.75, 3.05) is 6.54 Å². The van der Waals surface area contributed by atoms with Crippen molar-refractivity contribution in [1.29, 1.82) is 0 Å². The standard InChI is InChI=1S/C19H28N4O6S/c1-12-5-7-14(8-6-12)30(27,28)23-16(20)21-10-9-13-11-19(13,15(24)25)22-17(26)29-18(2,3)4/h5-8,13H,9-11H2,1-4H3,(H,22,26)(H,24,25)(H3,20,21,23)/t13-,19+/m0/s1. The summed E-state index contributed by atoms with van der Waals surface area (Å²) in [5.41, 5.74) is 4.43. The third-order valence-corrected chi connectivity index (χ3v) is 5.91. The number of aryl methyl sites for hydroxylation is 1. The number of carboxylic acid groups (broad SMARTS) is 1. The van der Waals surface area contributed by atoms with Gasteiger partial charge in [0.25, 0.3) is 10.0 Å². The van der Waals surface area contributed by atoms with Crippen molar-refractivity contribution in [2.45, 2.75) is 56.6 Å². The number of amides is 1. The van der Waals surface area contributed by atoms with Crippen molar-refractivity contribution in [3.63, 3.8) is 0 Å². The van der Waals surface area contributed by atoms with Crippen LogP contribution in [0.2, 0.25) is 0 Å². The molecule has 1 aromatic carbocycles. The fraction of sp³-hybridized carbons (Fsp3) is 0.526. The van der Waals surface area contributed by atoms with Gasteiger partial charge in [-0.2, -0.15) is 0 Å². The van der Waals surface area contributed by atoms with Crippen LogP contribution in [0.1, 0.15) is 39.2 Å². The van der Waals surface area contributed by atoms with Crippen molar-refractivity contribution in [1.82, 2.24) is 10.0 Å². The number of carbonyl (C=O) groups is 2. The number of carboxylic acids is 1. The van der Waals surface area contributed by atoms with E-state index in [-0.39, 0.29) is 29.7 Å². The van der Waals surface area contributed by atoms with E-state index in [1.807, 2.05) is 6.92 Å². The first-order valence-corrected chi connectivity index (χ1v) is 10.9. The van der Waals surface area contributed by atoms with E-state index in [0.29, 0.717) is 6.42 Å². The molecule has 0 aromatic heterocycles. The van der Waals surface area contributed by atoms with Crippen LogP contribution < -0.4 is 15.8 Å². The maximum atomic E-state index is 12.3. The SMILES string of the molecule is Cc1ccc(S(=O)(=O)NC(N)=NCC[C@H]2C[C@]2(NC(=O)OC(C)(C)C)C(=O)O)cc1. The van der Waals surface area contributed by atoms with Crippen LogP contribution in [0.15, 0.2) is 34.2 Å². The minimum absolute atomic E-state index is 0.0555. The molecule has 30 heavy (non-hydrogen) atoms. The average molecular weight is 441 g/mol. The Morgan fingerprint density at radius 2 is 1.90 bits per heavy atom. The Morgan fingerprint density at radius 1 is 1.30 bits per heavy atom. The minimum Gasteiger partial charge on any atom is -0.479 e. The van der Waals surface area contributed by atoms with Crippen LogP contribution in [0.4, 0.5) is 4.79 Å². The maximum Gasteiger partial charge on any atom is 0.408 e. The summed E-state index contributed by atoms with van der Waals surface area (Å²) in [5.74, 6) is -1.82. The van der Waals surface area contributed by atoms with Gasteiger partial charge < -0.3 is 20.9 Å². The molecular formula is C19H28N4O6S. The number of ether oxygens (including phenoxy) is 1. The summed E-state index contributed by atoms with van der Waals surface area (Å²) < 4.78 is 31.9. The molecule has 1 aromatic rings. The fourth-order valence-electron chi connectivity index (χ4n) is 2.92. The topological polar surface area (TPSA) is 160 Å². The molecule has 11 heteroatoms. The summed E-state index contributed by atoms with van der Waals surface area (Å²) in [7, 11) is -3.85. The van der Waals surface area contributed by atoms with Crippen LogP contribution >= 0.6 is 0 Å². The third-order valence-electron chi connectivity index (χ3n) is 4.54. The zero-order chi connectivity index (χ0) is 22.7. The van der Waals surface area contributed by atoms with Gasteiger partial charge in [0.2, 0.25) is 5.96 Å². The van der Waals surface area contributed by atoms with E-state index in [1.54, 1.807) is 32.9 Å². The first kappa shape index (κ1) is 23.5. The number of rotatable bonds is 7. The Morgan fingerprint density at radius 3 is 2.43 bits per heavy atom. The van der Waals surface area contributed by atoms with Gasteiger partial charge in [0.1, 0.15) is 11.1 Å². The molecule has 0 spiro atoms. The fourth-order valence-corrected chi connectivity index (χ4v) is 3.87. The number of hydrogen-bond acceptors (Lipinski definition) is 6. The highest BCUT2D eigenvalue weighted by Gasteiger charge is 2.61. The van der Waals surface area contributed by atoms with Gasteiger partial charge >= 0.3 is 12.1 Å². The highest BCUT2D eigenvalue weighted by molar-refractivity contribution is 7.90. The number of carbonyl (C=O) groups excluding carboxylic acids is 1. The molecule has 0 saturated heterocycles. The lowest BCUT2D eigenvalue weighted by molar-refractivity contribution is -0.141. The summed E-state index contributed by atoms with van der Waals surface area (Å²) in [6, 6.07) is 6.24. The molecule has 0 bridgehead atoms. The van der Waals surface area contributed by atoms with Gasteiger partial charge in [0, 0.05) is 6.54 Å². The molecule has 0 heterocycles. The van der Waals surface area contributed by atoms with Crippen LogP contribution in [-0.4, -0.2) is 49.2 Å². The number of nitrogens with one attached hydrogen (secondary N) is 2. The molecule has 1 saturated carbocycles. The molecule has 0 radical (unpaired) electrons. The van der Waals surface area contributed by atoms with Crippen LogP contribution in [-0.2, 0) is 19.6 Å². The molecule has 10 nitrogen and oxygen atoms in total. The van der Waals surface area contributed by atoms with E-state index >= 15 is 0 Å². The van der Waals surface area contributed by atoms with Gasteiger partial charge in [0.05, 0.1) is 4.90 Å². The molecule has 1 aliphatic rings. The van der Waals surface area contributed by atoms with Gasteiger partial charge in [-0.1, -0.05) is 17.7 Å². The number of sulfonamides is 1. The predicted molar refractivity (Wildman–Crippen MR) is 110 cm³/mol. The summed E-state index contributed by atoms with van der Waals surface area (Å²) in [6.07, 6.45) is -0.275. The molecule has 166 valence electrons. The number of nitrogens with two attached hydrogens (primary N) is 1. The van der Waals surface area contributed by atoms with E-state index in [2.05, 4.69) is 15.0 Å². The molecule has 2 rings (SSSR count). The van der Waals surface area contributed by atoms with Crippen LogP contribution in [0.3, 0.4) is 0 Å². The average Bonchev–Trinajstić information content (AvgIpc) is 3.26. The minimum atomic E-state index is -3.85. The number of benzene rings is 1. The van der Waals surface area contributed by atoms with Gasteiger partial charge in [-0.05, 0) is 58.6 Å². The lowest BCUT2D eigenvalue weighted by Crippen LogP contribution is -2.47. The Bertz CT molecular complexity index is 937. The second-order valence-corrected chi connectivity index (χ2v) is 9.96. The Hall–Kier alpha value is -2.82. The summed E-state index contributed by atoms with van der Waals surface area (Å²) in [4.78, 5) is 27.6. The zero-order valence-electron chi connectivity index (χ0n) is 17.4. The quantitative estimate of drug-likeness (QED) is 0.367. The summed E-state index contributed by atoms with van der Waals surface area (Å²) >= 11 is 0. The summed E-state index contributed by atoms with van der Waals surface area (Å²) in [5, 5.41) is 11.9. The molecule has 5 N–H and O–H groups in total. The molecule has 2 atom stereocenters. The van der Waals surface area contributed by atoms with Crippen molar-refractivity contribution >= 4 is 28.0 Å². The lowest BCUT2D eigenvalue weighted by Gasteiger charge is -2.22. The van der Waals surface area contributed by atoms with Gasteiger partial charge in [-0.25, -0.2) is 22.7 Å². The molecule has 1 amide bonds. The Labute approximate surface area is 175 Å². The second-order valence-electron chi connectivity index (χ2n) is 8.28. The molecule has 0 aliphatic heterocycles. The van der Waals surface area contributed by atoms with Gasteiger partial charge in [0.15, 0.2) is 0 Å². The van der Waals surface area contributed by atoms with E-state index in [9.17, 15) is 23.1 Å². The predicted octanol–water partition coefficient (Wildman–Crippen LogP) is 1.35. The third kappa shape index (κ3) is 6.09. The number of aliphatic imine (C=N–C) groups is 1. The van der Waals surface area contributed by atoms with Crippen molar-refractivity contribution in [3.05, 3.63) is 29.8 Å². The Balaban J connectivity index is 1.92. The highest BCUT2D eigenvalue weighted by atomic mass is 32.2. The zero-order valence-corrected chi connectivity index (χ0v) is 18.2. The lowest BCUT2D eigenvalue weighted by atomic mass is 10.1. The summed E-state index contributed by atoms with van der Waals surface area (Å²) in [6.45, 7) is 6.98. The first-order chi connectivity index (χ1) is 13.7. The largest absolute Gasteiger partial charge is 0.479 e. The number of aliphatic carboxylic acids is 1. The van der Waals surface area contributed by atoms with E-state index in [1.165, 1.54) is 12.1 Å². The van der Waals surface area contributed by atoms with Crippen LogP contribution in [0, 0.1) is 12.8 Å². The van der Waals surface area contributed by atoms with Crippen molar-refractivity contribution < 1.29 is 27.9 Å². The number of nitrogens with zero attached hydrogens (tertiary/aromatic N) is 1. The van der Waals surface area contributed by atoms with Gasteiger partial charge in [-0.15, -0.1) is 0 Å². The number of guanidine groups is 1. The molecule has 0 unspecified atom stereocenters. The van der Waals surface area contributed by atoms with E-state index < -0.39 is 33.2 Å². The monoisotopic (exact) mass is 440 g/mol. The van der Waals surface area contributed by atoms with E-state index in [4.69, 9.17) is 10.5 Å². The Kier molecular flexibility index (Phi) is 6.65. The maximum absolute atomic E-state index is 12.3. The molecule has 1 fully saturated rings. The number of alkyl carbamates (subject to hydrolysis) is 1. The second kappa shape index (κ2) is 8.50. The first-order valence-electron chi connectivity index (χ1n) is 9.39. The van der Waals surface area contributed by atoms with Gasteiger partial charge in [-0.3, -0.25) is 4.99 Å². The highest BCUT2D eigenvalue weighted by Crippen LogP contribution is 2.46. The number of hydrogen-bond donors (Lipinski definition) is 4. The van der Waals surface area contributed by atoms with Crippen LogP contribution in [0.25, 0.3) is 0 Å². The molecule has 1 aliphatic carbocycles. The normalized spacial score (nSPS) is 21.6. The smallest absolute Gasteiger partial charge is 0.408 e.